The molecule has 1 nitrogen and oxygen atoms in total. The minimum atomic E-state index is -0.366. The predicted molar refractivity (Wildman–Crippen MR) is 88.4 cm³/mol. The lowest BCUT2D eigenvalue weighted by molar-refractivity contribution is 0.165. The molecule has 0 spiro atoms. The molecule has 2 aromatic rings. The topological polar surface area (TPSA) is 20.2 Å². The lowest BCUT2D eigenvalue weighted by Gasteiger charge is -2.12. The Kier molecular flexibility index (Phi) is 5.64. The van der Waals surface area contributed by atoms with Gasteiger partial charge in [-0.3, -0.25) is 0 Å². The second kappa shape index (κ2) is 7.26. The van der Waals surface area contributed by atoms with Crippen LogP contribution in [0.5, 0.6) is 0 Å². The molecular weight excluding hydrogens is 336 g/mol. The summed E-state index contributed by atoms with van der Waals surface area (Å²) in [6.45, 7) is 2.08. The van der Waals surface area contributed by atoms with E-state index in [0.29, 0.717) is 11.4 Å². The molecule has 1 unspecified atom stereocenters. The number of benzene rings is 2. The molecular formula is C17H18BrClO. The smallest absolute Gasteiger partial charge is 0.0584 e. The second-order valence-corrected chi connectivity index (χ2v) is 6.44. The van der Waals surface area contributed by atoms with Crippen LogP contribution in [0.2, 0.25) is 5.02 Å². The van der Waals surface area contributed by atoms with E-state index in [1.807, 2.05) is 18.2 Å². The molecule has 0 aliphatic carbocycles. The SMILES string of the molecule is Cc1ccc(CCC(O)Cc2ccc(Br)cc2Cl)cc1. The largest absolute Gasteiger partial charge is 0.393 e. The van der Waals surface area contributed by atoms with Crippen molar-refractivity contribution in [3.05, 3.63) is 68.7 Å². The lowest BCUT2D eigenvalue weighted by Crippen LogP contribution is -2.12. The van der Waals surface area contributed by atoms with Gasteiger partial charge in [-0.1, -0.05) is 63.4 Å². The fraction of sp³-hybridized carbons (Fsp3) is 0.294. The Morgan fingerprint density at radius 2 is 1.85 bits per heavy atom. The number of aliphatic hydroxyl groups is 1. The Labute approximate surface area is 133 Å². The molecule has 0 bridgehead atoms. The van der Waals surface area contributed by atoms with Gasteiger partial charge in [0.25, 0.3) is 0 Å². The van der Waals surface area contributed by atoms with Crippen LogP contribution >= 0.6 is 27.5 Å². The van der Waals surface area contributed by atoms with Crippen molar-refractivity contribution in [3.8, 4) is 0 Å². The van der Waals surface area contributed by atoms with Gasteiger partial charge in [-0.15, -0.1) is 0 Å². The molecule has 20 heavy (non-hydrogen) atoms. The van der Waals surface area contributed by atoms with Crippen molar-refractivity contribution in [1.82, 2.24) is 0 Å². The number of aryl methyl sites for hydroxylation is 2. The maximum absolute atomic E-state index is 10.1. The maximum Gasteiger partial charge on any atom is 0.0584 e. The van der Waals surface area contributed by atoms with Gasteiger partial charge in [0.1, 0.15) is 0 Å². The van der Waals surface area contributed by atoms with Crippen LogP contribution in [0.15, 0.2) is 46.9 Å². The van der Waals surface area contributed by atoms with Crippen LogP contribution in [0.3, 0.4) is 0 Å². The average molecular weight is 354 g/mol. The molecule has 3 heteroatoms. The second-order valence-electron chi connectivity index (χ2n) is 5.12. The summed E-state index contributed by atoms with van der Waals surface area (Å²) < 4.78 is 0.959. The van der Waals surface area contributed by atoms with Gasteiger partial charge < -0.3 is 5.11 Å². The van der Waals surface area contributed by atoms with Gasteiger partial charge in [-0.05, 0) is 49.4 Å². The first-order valence-corrected chi connectivity index (χ1v) is 7.89. The lowest BCUT2D eigenvalue weighted by atomic mass is 10.0. The van der Waals surface area contributed by atoms with Crippen molar-refractivity contribution in [3.63, 3.8) is 0 Å². The Hall–Kier alpha value is -0.830. The van der Waals surface area contributed by atoms with Crippen molar-refractivity contribution in [2.45, 2.75) is 32.3 Å². The molecule has 0 aromatic heterocycles. The van der Waals surface area contributed by atoms with E-state index in [4.69, 9.17) is 11.6 Å². The van der Waals surface area contributed by atoms with Crippen LogP contribution < -0.4 is 0 Å². The van der Waals surface area contributed by atoms with Crippen LogP contribution in [0.4, 0.5) is 0 Å². The van der Waals surface area contributed by atoms with E-state index in [0.717, 1.165) is 22.9 Å². The van der Waals surface area contributed by atoms with Crippen LogP contribution in [-0.4, -0.2) is 11.2 Å². The van der Waals surface area contributed by atoms with Gasteiger partial charge in [-0.2, -0.15) is 0 Å². The molecule has 0 fully saturated rings. The van der Waals surface area contributed by atoms with E-state index in [2.05, 4.69) is 47.1 Å². The van der Waals surface area contributed by atoms with Gasteiger partial charge in [0.05, 0.1) is 6.10 Å². The fourth-order valence-electron chi connectivity index (χ4n) is 2.13. The van der Waals surface area contributed by atoms with E-state index in [9.17, 15) is 5.11 Å². The van der Waals surface area contributed by atoms with Gasteiger partial charge >= 0.3 is 0 Å². The molecule has 1 N–H and O–H groups in total. The van der Waals surface area contributed by atoms with Crippen molar-refractivity contribution in [2.24, 2.45) is 0 Å². The summed E-state index contributed by atoms with van der Waals surface area (Å²) in [5.74, 6) is 0. The highest BCUT2D eigenvalue weighted by atomic mass is 79.9. The molecule has 2 aromatic carbocycles. The van der Waals surface area contributed by atoms with Gasteiger partial charge in [0.15, 0.2) is 0 Å². The summed E-state index contributed by atoms with van der Waals surface area (Å²) in [6, 6.07) is 14.2. The minimum Gasteiger partial charge on any atom is -0.393 e. The molecule has 0 aliphatic rings. The first-order chi connectivity index (χ1) is 9.54. The molecule has 2 rings (SSSR count). The summed E-state index contributed by atoms with van der Waals surface area (Å²) in [7, 11) is 0. The number of rotatable bonds is 5. The third-order valence-corrected chi connectivity index (χ3v) is 4.20. The molecule has 0 aliphatic heterocycles. The van der Waals surface area contributed by atoms with Gasteiger partial charge in [-0.25, -0.2) is 0 Å². The van der Waals surface area contributed by atoms with Gasteiger partial charge in [0, 0.05) is 9.50 Å². The first-order valence-electron chi connectivity index (χ1n) is 6.72. The van der Waals surface area contributed by atoms with Crippen molar-refractivity contribution < 1.29 is 5.11 Å². The Bertz CT molecular complexity index is 566. The Morgan fingerprint density at radius 1 is 1.15 bits per heavy atom. The van der Waals surface area contributed by atoms with E-state index in [1.165, 1.54) is 11.1 Å². The summed E-state index contributed by atoms with van der Waals surface area (Å²) in [6.07, 6.45) is 1.86. The van der Waals surface area contributed by atoms with E-state index < -0.39 is 0 Å². The highest BCUT2D eigenvalue weighted by Gasteiger charge is 2.09. The number of hydrogen-bond donors (Lipinski definition) is 1. The highest BCUT2D eigenvalue weighted by Crippen LogP contribution is 2.23. The van der Waals surface area contributed by atoms with Crippen LogP contribution in [0.1, 0.15) is 23.1 Å². The summed E-state index contributed by atoms with van der Waals surface area (Å²) in [5.41, 5.74) is 3.51. The zero-order valence-electron chi connectivity index (χ0n) is 11.4. The monoisotopic (exact) mass is 352 g/mol. The zero-order valence-corrected chi connectivity index (χ0v) is 13.8. The average Bonchev–Trinajstić information content (AvgIpc) is 2.41. The van der Waals surface area contributed by atoms with Crippen LogP contribution in [0, 0.1) is 6.92 Å². The molecule has 0 amide bonds. The summed E-state index contributed by atoms with van der Waals surface area (Å²) >= 11 is 9.55. The standard InChI is InChI=1S/C17H18BrClO/c1-12-2-4-13(5-3-12)6-9-16(20)10-14-7-8-15(18)11-17(14)19/h2-5,7-8,11,16,20H,6,9-10H2,1H3. The number of hydrogen-bond acceptors (Lipinski definition) is 1. The van der Waals surface area contributed by atoms with Crippen molar-refractivity contribution in [2.75, 3.05) is 0 Å². The van der Waals surface area contributed by atoms with Gasteiger partial charge in [0.2, 0.25) is 0 Å². The normalized spacial score (nSPS) is 12.4. The fourth-order valence-corrected chi connectivity index (χ4v) is 2.88. The van der Waals surface area contributed by atoms with E-state index in [-0.39, 0.29) is 6.10 Å². The third-order valence-electron chi connectivity index (χ3n) is 3.36. The molecule has 106 valence electrons. The molecule has 0 heterocycles. The molecule has 0 radical (unpaired) electrons. The van der Waals surface area contributed by atoms with Crippen LogP contribution in [-0.2, 0) is 12.8 Å². The zero-order chi connectivity index (χ0) is 14.5. The number of aliphatic hydroxyl groups excluding tert-OH is 1. The van der Waals surface area contributed by atoms with Crippen molar-refractivity contribution >= 4 is 27.5 Å². The molecule has 0 saturated heterocycles. The summed E-state index contributed by atoms with van der Waals surface area (Å²) in [5, 5.41) is 10.8. The Balaban J connectivity index is 1.89. The van der Waals surface area contributed by atoms with E-state index >= 15 is 0 Å². The minimum absolute atomic E-state index is 0.366. The van der Waals surface area contributed by atoms with Crippen LogP contribution in [0.25, 0.3) is 0 Å². The number of halogens is 2. The Morgan fingerprint density at radius 3 is 2.50 bits per heavy atom. The van der Waals surface area contributed by atoms with E-state index in [1.54, 1.807) is 0 Å². The quantitative estimate of drug-likeness (QED) is 0.806. The molecule has 0 saturated carbocycles. The van der Waals surface area contributed by atoms with Crippen molar-refractivity contribution in [1.29, 1.82) is 0 Å². The highest BCUT2D eigenvalue weighted by molar-refractivity contribution is 9.10. The predicted octanol–water partition coefficient (Wildman–Crippen LogP) is 4.95. The summed E-state index contributed by atoms with van der Waals surface area (Å²) in [4.78, 5) is 0. The first kappa shape index (κ1) is 15.6. The maximum atomic E-state index is 10.1. The third kappa shape index (κ3) is 4.62. The molecule has 1 atom stereocenters.